The first kappa shape index (κ1) is 25.3. The third kappa shape index (κ3) is 6.24. The van der Waals surface area contributed by atoms with Crippen LogP contribution in [0.15, 0.2) is 42.5 Å². The number of nitrogens with zero attached hydrogens (tertiary/aromatic N) is 4. The number of hydrogen-bond acceptors (Lipinski definition) is 4. The lowest BCUT2D eigenvalue weighted by atomic mass is 10.0. The summed E-state index contributed by atoms with van der Waals surface area (Å²) < 4.78 is 0. The van der Waals surface area contributed by atoms with Crippen LogP contribution in [0.5, 0.6) is 0 Å². The molecule has 2 amide bonds. The zero-order valence-corrected chi connectivity index (χ0v) is 22.0. The van der Waals surface area contributed by atoms with Gasteiger partial charge in [0.2, 0.25) is 0 Å². The zero-order valence-electron chi connectivity index (χ0n) is 20.4. The van der Waals surface area contributed by atoms with Gasteiger partial charge in [0.25, 0.3) is 0 Å². The summed E-state index contributed by atoms with van der Waals surface area (Å²) in [5.41, 5.74) is 5.39. The molecule has 2 aromatic carbocycles. The van der Waals surface area contributed by atoms with Crippen LogP contribution in [0.2, 0.25) is 10.0 Å². The van der Waals surface area contributed by atoms with Crippen molar-refractivity contribution in [2.75, 3.05) is 36.4 Å². The van der Waals surface area contributed by atoms with E-state index in [2.05, 4.69) is 48.3 Å². The first-order valence-electron chi connectivity index (χ1n) is 12.0. The largest absolute Gasteiger partial charge is 0.354 e. The Labute approximate surface area is 217 Å². The molecule has 1 saturated heterocycles. The molecule has 4 rings (SSSR count). The molecular weight excluding hydrogens is 481 g/mol. The molecule has 1 aliphatic heterocycles. The number of carbonyl (C=O) groups excluding carboxylic acids is 1. The van der Waals surface area contributed by atoms with E-state index < -0.39 is 0 Å². The Morgan fingerprint density at radius 1 is 0.971 bits per heavy atom. The van der Waals surface area contributed by atoms with Crippen LogP contribution in [0, 0.1) is 13.8 Å². The van der Waals surface area contributed by atoms with E-state index in [0.29, 0.717) is 35.4 Å². The van der Waals surface area contributed by atoms with Crippen molar-refractivity contribution in [3.8, 4) is 0 Å². The van der Waals surface area contributed by atoms with Crippen molar-refractivity contribution in [3.63, 3.8) is 0 Å². The minimum Gasteiger partial charge on any atom is -0.354 e. The molecule has 0 aliphatic carbocycles. The van der Waals surface area contributed by atoms with E-state index in [9.17, 15) is 4.79 Å². The molecule has 2 heterocycles. The van der Waals surface area contributed by atoms with Crippen LogP contribution in [0.4, 0.5) is 16.3 Å². The van der Waals surface area contributed by atoms with E-state index in [4.69, 9.17) is 33.2 Å². The predicted octanol–water partition coefficient (Wildman–Crippen LogP) is 6.30. The van der Waals surface area contributed by atoms with Gasteiger partial charge < -0.3 is 15.1 Å². The van der Waals surface area contributed by atoms with Gasteiger partial charge in [-0.15, -0.1) is 0 Å². The molecule has 0 radical (unpaired) electrons. The van der Waals surface area contributed by atoms with Crippen molar-refractivity contribution in [2.45, 2.75) is 40.0 Å². The first-order chi connectivity index (χ1) is 16.8. The van der Waals surface area contributed by atoms with Gasteiger partial charge in [-0.3, -0.25) is 0 Å². The van der Waals surface area contributed by atoms with E-state index in [-0.39, 0.29) is 6.03 Å². The molecular formula is C27H31Cl2N5O. The van der Waals surface area contributed by atoms with Gasteiger partial charge in [-0.25, -0.2) is 14.8 Å². The average molecular weight is 512 g/mol. The fourth-order valence-corrected chi connectivity index (χ4v) is 4.69. The molecule has 0 unspecified atom stereocenters. The molecule has 0 saturated carbocycles. The molecule has 8 heteroatoms. The van der Waals surface area contributed by atoms with Crippen molar-refractivity contribution >= 4 is 40.7 Å². The summed E-state index contributed by atoms with van der Waals surface area (Å²) in [6.45, 7) is 8.99. The number of aromatic nitrogens is 2. The second kappa shape index (κ2) is 11.3. The zero-order chi connectivity index (χ0) is 24.9. The minimum atomic E-state index is -0.141. The Balaban J connectivity index is 1.52. The van der Waals surface area contributed by atoms with Crippen LogP contribution in [0.25, 0.3) is 0 Å². The van der Waals surface area contributed by atoms with Gasteiger partial charge in [-0.2, -0.15) is 0 Å². The van der Waals surface area contributed by atoms with Crippen molar-refractivity contribution in [3.05, 3.63) is 80.7 Å². The van der Waals surface area contributed by atoms with Crippen molar-refractivity contribution in [1.82, 2.24) is 14.9 Å². The SMILES string of the molecule is CCc1nc(C)nc(N2CCCN(C(=O)Nc3ccc(Cl)c(Cl)c3)CC2)c1Cc1ccc(C)cc1. The second-order valence-electron chi connectivity index (χ2n) is 8.92. The highest BCUT2D eigenvalue weighted by Crippen LogP contribution is 2.27. The van der Waals surface area contributed by atoms with Crippen LogP contribution in [-0.4, -0.2) is 47.1 Å². The summed E-state index contributed by atoms with van der Waals surface area (Å²) in [6, 6.07) is 13.6. The maximum atomic E-state index is 12.9. The number of carbonyl (C=O) groups is 1. The monoisotopic (exact) mass is 511 g/mol. The van der Waals surface area contributed by atoms with Crippen LogP contribution in [0.3, 0.4) is 0 Å². The van der Waals surface area contributed by atoms with E-state index in [1.165, 1.54) is 16.7 Å². The molecule has 3 aromatic rings. The quantitative estimate of drug-likeness (QED) is 0.436. The first-order valence-corrected chi connectivity index (χ1v) is 12.8. The Morgan fingerprint density at radius 2 is 1.74 bits per heavy atom. The number of anilines is 2. The molecule has 1 fully saturated rings. The van der Waals surface area contributed by atoms with Crippen molar-refractivity contribution in [2.24, 2.45) is 0 Å². The van der Waals surface area contributed by atoms with Gasteiger partial charge in [-0.05, 0) is 50.5 Å². The standard InChI is InChI=1S/C27H31Cl2N5O/c1-4-25-22(16-20-8-6-18(2)7-9-20)26(31-19(3)30-25)33-12-5-13-34(15-14-33)27(35)32-21-10-11-23(28)24(29)17-21/h6-11,17H,4-5,12-16H2,1-3H3,(H,32,35). The van der Waals surface area contributed by atoms with Crippen LogP contribution in [-0.2, 0) is 12.8 Å². The summed E-state index contributed by atoms with van der Waals surface area (Å²) in [6.07, 6.45) is 2.49. The lowest BCUT2D eigenvalue weighted by Crippen LogP contribution is -2.38. The van der Waals surface area contributed by atoms with Gasteiger partial charge in [0, 0.05) is 49.5 Å². The Kier molecular flexibility index (Phi) is 8.14. The Hall–Kier alpha value is -2.83. The van der Waals surface area contributed by atoms with E-state index in [0.717, 1.165) is 43.1 Å². The van der Waals surface area contributed by atoms with Gasteiger partial charge in [0.1, 0.15) is 11.6 Å². The number of amides is 2. The van der Waals surface area contributed by atoms with Gasteiger partial charge in [0.05, 0.1) is 10.0 Å². The molecule has 0 atom stereocenters. The van der Waals surface area contributed by atoms with E-state index in [1.54, 1.807) is 18.2 Å². The number of nitrogens with one attached hydrogen (secondary N) is 1. The third-order valence-corrected chi connectivity index (χ3v) is 7.01. The molecule has 35 heavy (non-hydrogen) atoms. The average Bonchev–Trinajstić information content (AvgIpc) is 3.10. The van der Waals surface area contributed by atoms with Gasteiger partial charge >= 0.3 is 6.03 Å². The molecule has 0 bridgehead atoms. The fourth-order valence-electron chi connectivity index (χ4n) is 4.39. The van der Waals surface area contributed by atoms with E-state index in [1.807, 2.05) is 11.8 Å². The van der Waals surface area contributed by atoms with Crippen molar-refractivity contribution < 1.29 is 4.79 Å². The summed E-state index contributed by atoms with van der Waals surface area (Å²) in [7, 11) is 0. The number of benzene rings is 2. The Bertz CT molecular complexity index is 1200. The lowest BCUT2D eigenvalue weighted by Gasteiger charge is -2.26. The molecule has 0 spiro atoms. The predicted molar refractivity (Wildman–Crippen MR) is 144 cm³/mol. The molecule has 1 aliphatic rings. The van der Waals surface area contributed by atoms with Gasteiger partial charge in [0.15, 0.2) is 0 Å². The summed E-state index contributed by atoms with van der Waals surface area (Å²) in [5.74, 6) is 1.77. The van der Waals surface area contributed by atoms with Crippen LogP contribution >= 0.6 is 23.2 Å². The summed E-state index contributed by atoms with van der Waals surface area (Å²) in [4.78, 5) is 26.7. The topological polar surface area (TPSA) is 61.4 Å². The smallest absolute Gasteiger partial charge is 0.321 e. The molecule has 1 aromatic heterocycles. The maximum Gasteiger partial charge on any atom is 0.321 e. The summed E-state index contributed by atoms with van der Waals surface area (Å²) in [5, 5.41) is 3.81. The molecule has 1 N–H and O–H groups in total. The van der Waals surface area contributed by atoms with Gasteiger partial charge in [-0.1, -0.05) is 60.0 Å². The number of halogens is 2. The maximum absolute atomic E-state index is 12.9. The number of rotatable bonds is 5. The highest BCUT2D eigenvalue weighted by molar-refractivity contribution is 6.42. The number of aryl methyl sites for hydroxylation is 3. The minimum absolute atomic E-state index is 0.141. The fraction of sp³-hybridized carbons (Fsp3) is 0.370. The Morgan fingerprint density at radius 3 is 2.46 bits per heavy atom. The highest BCUT2D eigenvalue weighted by atomic mass is 35.5. The normalized spacial score (nSPS) is 14.1. The lowest BCUT2D eigenvalue weighted by molar-refractivity contribution is 0.215. The summed E-state index contributed by atoms with van der Waals surface area (Å²) >= 11 is 12.1. The van der Waals surface area contributed by atoms with Crippen molar-refractivity contribution in [1.29, 1.82) is 0 Å². The van der Waals surface area contributed by atoms with Crippen LogP contribution in [0.1, 0.15) is 41.6 Å². The van der Waals surface area contributed by atoms with E-state index >= 15 is 0 Å². The van der Waals surface area contributed by atoms with Crippen LogP contribution < -0.4 is 10.2 Å². The molecule has 6 nitrogen and oxygen atoms in total. The number of hydrogen-bond donors (Lipinski definition) is 1. The number of urea groups is 1. The molecule has 184 valence electrons. The third-order valence-electron chi connectivity index (χ3n) is 6.27. The second-order valence-corrected chi connectivity index (χ2v) is 9.74. The highest BCUT2D eigenvalue weighted by Gasteiger charge is 2.24.